The molecule has 1 aromatic heterocycles. The predicted octanol–water partition coefficient (Wildman–Crippen LogP) is 4.99. The highest BCUT2D eigenvalue weighted by atomic mass is 79.9. The number of hydrogen-bond donors (Lipinski definition) is 1. The first-order valence-electron chi connectivity index (χ1n) is 8.83. The Balaban J connectivity index is 1.72. The van der Waals surface area contributed by atoms with E-state index in [0.717, 1.165) is 15.7 Å². The maximum absolute atomic E-state index is 12.3. The van der Waals surface area contributed by atoms with Crippen molar-refractivity contribution in [1.29, 1.82) is 0 Å². The van der Waals surface area contributed by atoms with Crippen LogP contribution in [0.2, 0.25) is 0 Å². The molecule has 0 fully saturated rings. The van der Waals surface area contributed by atoms with Crippen molar-refractivity contribution in [3.8, 4) is 11.5 Å². The van der Waals surface area contributed by atoms with Crippen molar-refractivity contribution >= 4 is 33.2 Å². The number of halogens is 1. The zero-order chi connectivity index (χ0) is 21.0. The third-order valence-corrected chi connectivity index (χ3v) is 5.02. The summed E-state index contributed by atoms with van der Waals surface area (Å²) >= 11 is 3.38. The van der Waals surface area contributed by atoms with Crippen LogP contribution in [0, 0.1) is 24.0 Å². The second-order valence-corrected chi connectivity index (χ2v) is 7.34. The molecule has 0 spiro atoms. The quantitative estimate of drug-likeness (QED) is 0.396. The maximum Gasteiger partial charge on any atom is 0.275 e. The molecule has 0 aliphatic carbocycles. The summed E-state index contributed by atoms with van der Waals surface area (Å²) in [6.45, 7) is 4.24. The number of benzene rings is 2. The zero-order valence-electron chi connectivity index (χ0n) is 15.9. The Labute approximate surface area is 175 Å². The summed E-state index contributed by atoms with van der Waals surface area (Å²) < 4.78 is 8.30. The summed E-state index contributed by atoms with van der Waals surface area (Å²) in [5.41, 5.74) is 2.12. The van der Waals surface area contributed by atoms with Gasteiger partial charge in [-0.1, -0.05) is 17.7 Å². The Kier molecular flexibility index (Phi) is 6.28. The Bertz CT molecular complexity index is 1050. The average Bonchev–Trinajstić information content (AvgIpc) is 3.00. The molecule has 1 amide bonds. The molecule has 29 heavy (non-hydrogen) atoms. The van der Waals surface area contributed by atoms with E-state index in [9.17, 15) is 14.9 Å². The SMILES string of the molecule is Cc1ccc(Oc2cc(NC(=O)CCn3ncc(Br)c3C)cc([N+](=O)[O-])c2)cc1. The van der Waals surface area contributed by atoms with Gasteiger partial charge in [0.15, 0.2) is 0 Å². The third-order valence-electron chi connectivity index (χ3n) is 4.24. The summed E-state index contributed by atoms with van der Waals surface area (Å²) in [6, 6.07) is 11.5. The number of anilines is 1. The first-order chi connectivity index (χ1) is 13.8. The van der Waals surface area contributed by atoms with E-state index >= 15 is 0 Å². The van der Waals surface area contributed by atoms with Gasteiger partial charge < -0.3 is 10.1 Å². The number of aryl methyl sites for hydroxylation is 2. The van der Waals surface area contributed by atoms with E-state index in [1.165, 1.54) is 12.1 Å². The van der Waals surface area contributed by atoms with Gasteiger partial charge in [-0.25, -0.2) is 0 Å². The Morgan fingerprint density at radius 3 is 2.55 bits per heavy atom. The predicted molar refractivity (Wildman–Crippen MR) is 112 cm³/mol. The normalized spacial score (nSPS) is 10.6. The van der Waals surface area contributed by atoms with Gasteiger partial charge in [0, 0.05) is 24.2 Å². The van der Waals surface area contributed by atoms with Crippen molar-refractivity contribution in [1.82, 2.24) is 9.78 Å². The number of amides is 1. The van der Waals surface area contributed by atoms with Crippen LogP contribution in [-0.4, -0.2) is 20.6 Å². The number of non-ortho nitro benzene ring substituents is 1. The van der Waals surface area contributed by atoms with Crippen LogP contribution in [-0.2, 0) is 11.3 Å². The number of nitro benzene ring substituents is 1. The third kappa shape index (κ3) is 5.41. The van der Waals surface area contributed by atoms with Crippen molar-refractivity contribution in [3.05, 3.63) is 74.5 Å². The van der Waals surface area contributed by atoms with Gasteiger partial charge in [0.25, 0.3) is 5.69 Å². The van der Waals surface area contributed by atoms with E-state index in [2.05, 4.69) is 26.3 Å². The van der Waals surface area contributed by atoms with E-state index in [4.69, 9.17) is 4.74 Å². The number of nitrogens with one attached hydrogen (secondary N) is 1. The Hall–Kier alpha value is -3.20. The molecule has 0 radical (unpaired) electrons. The van der Waals surface area contributed by atoms with Crippen LogP contribution in [0.15, 0.2) is 53.1 Å². The fourth-order valence-corrected chi connectivity index (χ4v) is 2.94. The smallest absolute Gasteiger partial charge is 0.275 e. The van der Waals surface area contributed by atoms with Crippen molar-refractivity contribution in [2.45, 2.75) is 26.8 Å². The molecular formula is C20H19BrN4O4. The van der Waals surface area contributed by atoms with Crippen molar-refractivity contribution < 1.29 is 14.5 Å². The molecule has 0 atom stereocenters. The number of carbonyl (C=O) groups excluding carboxylic acids is 1. The molecule has 8 nitrogen and oxygen atoms in total. The van der Waals surface area contributed by atoms with Gasteiger partial charge in [-0.15, -0.1) is 0 Å². The number of carbonyl (C=O) groups is 1. The van der Waals surface area contributed by atoms with Crippen LogP contribution in [0.1, 0.15) is 17.7 Å². The van der Waals surface area contributed by atoms with Gasteiger partial charge >= 0.3 is 0 Å². The molecule has 9 heteroatoms. The molecule has 0 saturated carbocycles. The summed E-state index contributed by atoms with van der Waals surface area (Å²) in [5.74, 6) is 0.538. The average molecular weight is 459 g/mol. The largest absolute Gasteiger partial charge is 0.457 e. The molecule has 0 aliphatic heterocycles. The van der Waals surface area contributed by atoms with Gasteiger partial charge in [0.1, 0.15) is 11.5 Å². The van der Waals surface area contributed by atoms with Gasteiger partial charge in [-0.2, -0.15) is 5.10 Å². The lowest BCUT2D eigenvalue weighted by atomic mass is 10.2. The summed E-state index contributed by atoms with van der Waals surface area (Å²) in [7, 11) is 0. The minimum atomic E-state index is -0.526. The molecule has 0 saturated heterocycles. The van der Waals surface area contributed by atoms with E-state index in [-0.39, 0.29) is 23.8 Å². The second kappa shape index (κ2) is 8.87. The van der Waals surface area contributed by atoms with E-state index in [1.54, 1.807) is 29.1 Å². The lowest BCUT2D eigenvalue weighted by molar-refractivity contribution is -0.384. The van der Waals surface area contributed by atoms with Crippen molar-refractivity contribution in [2.24, 2.45) is 0 Å². The minimum Gasteiger partial charge on any atom is -0.457 e. The van der Waals surface area contributed by atoms with Crippen LogP contribution in [0.4, 0.5) is 11.4 Å². The van der Waals surface area contributed by atoms with Gasteiger partial charge in [-0.05, 0) is 41.9 Å². The lowest BCUT2D eigenvalue weighted by Gasteiger charge is -2.10. The highest BCUT2D eigenvalue weighted by Gasteiger charge is 2.14. The second-order valence-electron chi connectivity index (χ2n) is 6.49. The van der Waals surface area contributed by atoms with E-state index in [1.807, 2.05) is 26.0 Å². The maximum atomic E-state index is 12.3. The molecule has 3 aromatic rings. The fraction of sp³-hybridized carbons (Fsp3) is 0.200. The molecule has 1 N–H and O–H groups in total. The molecule has 1 heterocycles. The molecule has 2 aromatic carbocycles. The van der Waals surface area contributed by atoms with Crippen LogP contribution in [0.5, 0.6) is 11.5 Å². The first kappa shape index (κ1) is 20.5. The number of hydrogen-bond acceptors (Lipinski definition) is 5. The molecular weight excluding hydrogens is 440 g/mol. The Morgan fingerprint density at radius 2 is 1.93 bits per heavy atom. The molecule has 0 aliphatic rings. The highest BCUT2D eigenvalue weighted by molar-refractivity contribution is 9.10. The van der Waals surface area contributed by atoms with E-state index < -0.39 is 4.92 Å². The first-order valence-corrected chi connectivity index (χ1v) is 9.63. The van der Waals surface area contributed by atoms with Crippen molar-refractivity contribution in [3.63, 3.8) is 0 Å². The van der Waals surface area contributed by atoms with Gasteiger partial charge in [0.05, 0.1) is 33.9 Å². The molecule has 150 valence electrons. The number of rotatable bonds is 7. The topological polar surface area (TPSA) is 99.3 Å². The monoisotopic (exact) mass is 458 g/mol. The number of aromatic nitrogens is 2. The summed E-state index contributed by atoms with van der Waals surface area (Å²) in [6.07, 6.45) is 1.84. The summed E-state index contributed by atoms with van der Waals surface area (Å²) in [4.78, 5) is 23.1. The van der Waals surface area contributed by atoms with Crippen LogP contribution in [0.3, 0.4) is 0 Å². The highest BCUT2D eigenvalue weighted by Crippen LogP contribution is 2.30. The number of nitrogens with zero attached hydrogens (tertiary/aromatic N) is 3. The molecule has 0 unspecified atom stereocenters. The van der Waals surface area contributed by atoms with Crippen LogP contribution in [0.25, 0.3) is 0 Å². The molecule has 0 bridgehead atoms. The fourth-order valence-electron chi connectivity index (χ4n) is 2.64. The summed E-state index contributed by atoms with van der Waals surface area (Å²) in [5, 5.41) is 18.1. The van der Waals surface area contributed by atoms with Crippen molar-refractivity contribution in [2.75, 3.05) is 5.32 Å². The number of ether oxygens (including phenoxy) is 1. The Morgan fingerprint density at radius 1 is 1.21 bits per heavy atom. The van der Waals surface area contributed by atoms with Gasteiger partial charge in [-0.3, -0.25) is 19.6 Å². The minimum absolute atomic E-state index is 0.170. The standard InChI is InChI=1S/C20H19BrN4O4/c1-13-3-5-17(6-4-13)29-18-10-15(9-16(11-18)25(27)28)23-20(26)7-8-24-14(2)19(21)12-22-24/h3-6,9-12H,7-8H2,1-2H3,(H,23,26). The van der Waals surface area contributed by atoms with Crippen LogP contribution >= 0.6 is 15.9 Å². The van der Waals surface area contributed by atoms with E-state index in [0.29, 0.717) is 18.0 Å². The lowest BCUT2D eigenvalue weighted by Crippen LogP contribution is -2.15. The molecule has 3 rings (SSSR count). The number of nitro groups is 1. The zero-order valence-corrected chi connectivity index (χ0v) is 17.5. The van der Waals surface area contributed by atoms with Crippen LogP contribution < -0.4 is 10.1 Å². The van der Waals surface area contributed by atoms with Gasteiger partial charge in [0.2, 0.25) is 5.91 Å².